The van der Waals surface area contributed by atoms with E-state index in [1.54, 1.807) is 0 Å². The smallest absolute Gasteiger partial charge is 0.251 e. The molecule has 0 aliphatic heterocycles. The summed E-state index contributed by atoms with van der Waals surface area (Å²) >= 11 is 0. The van der Waals surface area contributed by atoms with Gasteiger partial charge in [-0.2, -0.15) is 0 Å². The van der Waals surface area contributed by atoms with Gasteiger partial charge in [-0.25, -0.2) is 4.98 Å². The van der Waals surface area contributed by atoms with Crippen LogP contribution < -0.4 is 5.32 Å². The Hall–Kier alpha value is -2.62. The molecule has 4 heteroatoms. The molecule has 2 aromatic carbocycles. The first-order valence-electron chi connectivity index (χ1n) is 10.4. The lowest BCUT2D eigenvalue weighted by Gasteiger charge is -2.34. The normalized spacial score (nSPS) is 22.3. The summed E-state index contributed by atoms with van der Waals surface area (Å²) in [5, 5.41) is 3.26. The minimum atomic E-state index is 0.00898. The standard InChI is InChI=1S/C24H29N3O/c1-4-18-8-11-20(12-9-18)27-15-25-22-14-19(10-13-23(22)27)24(28)26-21-7-5-6-16(2)17(21)3/h8-17,21H,4-7H2,1-3H3,(H,26,28). The van der Waals surface area contributed by atoms with E-state index in [4.69, 9.17) is 0 Å². The van der Waals surface area contributed by atoms with Crippen LogP contribution in [0.4, 0.5) is 0 Å². The van der Waals surface area contributed by atoms with E-state index in [2.05, 4.69) is 59.9 Å². The van der Waals surface area contributed by atoms with Crippen molar-refractivity contribution in [1.29, 1.82) is 0 Å². The van der Waals surface area contributed by atoms with Crippen LogP contribution in [-0.2, 0) is 6.42 Å². The van der Waals surface area contributed by atoms with Crippen LogP contribution in [-0.4, -0.2) is 21.5 Å². The Labute approximate surface area is 167 Å². The third kappa shape index (κ3) is 3.56. The number of nitrogens with zero attached hydrogens (tertiary/aromatic N) is 2. The van der Waals surface area contributed by atoms with Crippen LogP contribution in [0.3, 0.4) is 0 Å². The van der Waals surface area contributed by atoms with E-state index in [1.165, 1.54) is 18.4 Å². The van der Waals surface area contributed by atoms with Gasteiger partial charge in [-0.15, -0.1) is 0 Å². The fraction of sp³-hybridized carbons (Fsp3) is 0.417. The molecule has 0 spiro atoms. The van der Waals surface area contributed by atoms with Crippen molar-refractivity contribution in [1.82, 2.24) is 14.9 Å². The van der Waals surface area contributed by atoms with Crippen LogP contribution in [0.5, 0.6) is 0 Å². The molecule has 1 aromatic heterocycles. The number of hydrogen-bond donors (Lipinski definition) is 1. The van der Waals surface area contributed by atoms with E-state index in [-0.39, 0.29) is 11.9 Å². The molecule has 0 bridgehead atoms. The molecule has 1 saturated carbocycles. The lowest BCUT2D eigenvalue weighted by atomic mass is 9.78. The largest absolute Gasteiger partial charge is 0.349 e. The number of aryl methyl sites for hydroxylation is 1. The van der Waals surface area contributed by atoms with E-state index in [0.29, 0.717) is 17.4 Å². The third-order valence-corrected chi connectivity index (χ3v) is 6.46. The van der Waals surface area contributed by atoms with Crippen molar-refractivity contribution in [3.63, 3.8) is 0 Å². The molecular weight excluding hydrogens is 346 g/mol. The van der Waals surface area contributed by atoms with Crippen LogP contribution in [0, 0.1) is 11.8 Å². The summed E-state index contributed by atoms with van der Waals surface area (Å²) in [7, 11) is 0. The van der Waals surface area contributed by atoms with Gasteiger partial charge in [-0.3, -0.25) is 9.36 Å². The van der Waals surface area contributed by atoms with Gasteiger partial charge in [0.1, 0.15) is 6.33 Å². The molecule has 1 fully saturated rings. The maximum Gasteiger partial charge on any atom is 0.251 e. The molecule has 3 atom stereocenters. The molecule has 1 aliphatic carbocycles. The number of carbonyl (C=O) groups excluding carboxylic acids is 1. The maximum absolute atomic E-state index is 12.8. The number of amides is 1. The van der Waals surface area contributed by atoms with E-state index >= 15 is 0 Å². The highest BCUT2D eigenvalue weighted by atomic mass is 16.1. The van der Waals surface area contributed by atoms with Crippen molar-refractivity contribution in [3.05, 3.63) is 59.9 Å². The summed E-state index contributed by atoms with van der Waals surface area (Å²) in [6, 6.07) is 14.6. The van der Waals surface area contributed by atoms with E-state index in [1.807, 2.05) is 24.5 Å². The Balaban J connectivity index is 1.56. The van der Waals surface area contributed by atoms with Gasteiger partial charge in [0.25, 0.3) is 5.91 Å². The Morgan fingerprint density at radius 2 is 1.93 bits per heavy atom. The van der Waals surface area contributed by atoms with Crippen LogP contribution in [0.25, 0.3) is 16.7 Å². The van der Waals surface area contributed by atoms with Gasteiger partial charge >= 0.3 is 0 Å². The van der Waals surface area contributed by atoms with Gasteiger partial charge in [0.15, 0.2) is 0 Å². The van der Waals surface area contributed by atoms with Gasteiger partial charge in [-0.1, -0.05) is 45.7 Å². The molecule has 1 N–H and O–H groups in total. The van der Waals surface area contributed by atoms with Crippen molar-refractivity contribution in [2.45, 2.75) is 52.5 Å². The molecule has 4 nitrogen and oxygen atoms in total. The molecule has 1 heterocycles. The lowest BCUT2D eigenvalue weighted by molar-refractivity contribution is 0.0891. The second kappa shape index (κ2) is 7.78. The van der Waals surface area contributed by atoms with Crippen LogP contribution in [0.1, 0.15) is 56.0 Å². The topological polar surface area (TPSA) is 46.9 Å². The summed E-state index contributed by atoms with van der Waals surface area (Å²) in [5.41, 5.74) is 4.95. The first-order valence-corrected chi connectivity index (χ1v) is 10.4. The highest BCUT2D eigenvalue weighted by molar-refractivity contribution is 5.97. The second-order valence-electron chi connectivity index (χ2n) is 8.19. The van der Waals surface area contributed by atoms with Gasteiger partial charge in [-0.05, 0) is 60.6 Å². The summed E-state index contributed by atoms with van der Waals surface area (Å²) < 4.78 is 2.07. The molecule has 1 amide bonds. The van der Waals surface area contributed by atoms with Gasteiger partial charge in [0.05, 0.1) is 11.0 Å². The van der Waals surface area contributed by atoms with Gasteiger partial charge in [0.2, 0.25) is 0 Å². The number of aromatic nitrogens is 2. The minimum absolute atomic E-state index is 0.00898. The number of hydrogen-bond acceptors (Lipinski definition) is 2. The lowest BCUT2D eigenvalue weighted by Crippen LogP contribution is -2.43. The number of imidazole rings is 1. The summed E-state index contributed by atoms with van der Waals surface area (Å²) in [4.78, 5) is 17.3. The first-order chi connectivity index (χ1) is 13.6. The first kappa shape index (κ1) is 18.7. The third-order valence-electron chi connectivity index (χ3n) is 6.46. The number of carbonyl (C=O) groups is 1. The molecule has 0 saturated heterocycles. The van der Waals surface area contributed by atoms with Gasteiger partial charge in [0, 0.05) is 17.3 Å². The van der Waals surface area contributed by atoms with Crippen molar-refractivity contribution >= 4 is 16.9 Å². The average Bonchev–Trinajstić information content (AvgIpc) is 3.14. The Bertz CT molecular complexity index is 973. The van der Waals surface area contributed by atoms with E-state index < -0.39 is 0 Å². The zero-order chi connectivity index (χ0) is 19.7. The fourth-order valence-electron chi connectivity index (χ4n) is 4.29. The predicted octanol–water partition coefficient (Wildman–Crippen LogP) is 5.14. The van der Waals surface area contributed by atoms with Crippen molar-refractivity contribution in [2.75, 3.05) is 0 Å². The Morgan fingerprint density at radius 3 is 2.68 bits per heavy atom. The Morgan fingerprint density at radius 1 is 1.14 bits per heavy atom. The fourth-order valence-corrected chi connectivity index (χ4v) is 4.29. The molecular formula is C24H29N3O. The summed E-state index contributed by atoms with van der Waals surface area (Å²) in [5.74, 6) is 1.19. The summed E-state index contributed by atoms with van der Waals surface area (Å²) in [6.07, 6.45) is 6.38. The van der Waals surface area contributed by atoms with E-state index in [9.17, 15) is 4.79 Å². The zero-order valence-corrected chi connectivity index (χ0v) is 17.0. The number of nitrogens with one attached hydrogen (secondary N) is 1. The van der Waals surface area contributed by atoms with Crippen molar-refractivity contribution in [2.24, 2.45) is 11.8 Å². The second-order valence-corrected chi connectivity index (χ2v) is 8.19. The molecule has 0 radical (unpaired) electrons. The highest BCUT2D eigenvalue weighted by Gasteiger charge is 2.28. The number of fused-ring (bicyclic) bond motifs is 1. The SMILES string of the molecule is CCc1ccc(-n2cnc3cc(C(=O)NC4CCCC(C)C4C)ccc32)cc1. The van der Waals surface area contributed by atoms with Crippen molar-refractivity contribution in [3.8, 4) is 5.69 Å². The van der Waals surface area contributed by atoms with Crippen LogP contribution in [0.2, 0.25) is 0 Å². The zero-order valence-electron chi connectivity index (χ0n) is 17.0. The molecule has 1 aliphatic rings. The van der Waals surface area contributed by atoms with Crippen LogP contribution in [0.15, 0.2) is 48.8 Å². The monoisotopic (exact) mass is 375 g/mol. The van der Waals surface area contributed by atoms with Crippen molar-refractivity contribution < 1.29 is 4.79 Å². The average molecular weight is 376 g/mol. The maximum atomic E-state index is 12.8. The molecule has 3 aromatic rings. The molecule has 28 heavy (non-hydrogen) atoms. The minimum Gasteiger partial charge on any atom is -0.349 e. The molecule has 146 valence electrons. The van der Waals surface area contributed by atoms with Gasteiger partial charge < -0.3 is 5.32 Å². The predicted molar refractivity (Wildman–Crippen MR) is 114 cm³/mol. The quantitative estimate of drug-likeness (QED) is 0.686. The van der Waals surface area contributed by atoms with E-state index in [0.717, 1.165) is 29.6 Å². The summed E-state index contributed by atoms with van der Waals surface area (Å²) in [6.45, 7) is 6.70. The highest BCUT2D eigenvalue weighted by Crippen LogP contribution is 2.30. The molecule has 4 rings (SSSR count). The van der Waals surface area contributed by atoms with Crippen LogP contribution >= 0.6 is 0 Å². The number of benzene rings is 2. The Kier molecular flexibility index (Phi) is 5.21. The molecule has 3 unspecified atom stereocenters. The number of rotatable bonds is 4.